The summed E-state index contributed by atoms with van der Waals surface area (Å²) >= 11 is 0. The highest BCUT2D eigenvalue weighted by molar-refractivity contribution is 5.82. The smallest absolute Gasteiger partial charge is 0.101 e. The zero-order valence-corrected chi connectivity index (χ0v) is 7.96. The van der Waals surface area contributed by atoms with Crippen molar-refractivity contribution < 1.29 is 4.74 Å². The summed E-state index contributed by atoms with van der Waals surface area (Å²) in [5.41, 5.74) is 0. The molecule has 4 heteroatoms. The number of amidine groups is 1. The summed E-state index contributed by atoms with van der Waals surface area (Å²) in [7, 11) is 0. The molecule has 1 N–H and O–H groups in total. The summed E-state index contributed by atoms with van der Waals surface area (Å²) < 4.78 is 5.36. The molecule has 1 saturated heterocycles. The van der Waals surface area contributed by atoms with E-state index in [2.05, 4.69) is 15.2 Å². The van der Waals surface area contributed by atoms with Gasteiger partial charge in [0.15, 0.2) is 0 Å². The first-order valence-electron chi connectivity index (χ1n) is 5.03. The van der Waals surface area contributed by atoms with Crippen LogP contribution in [0.2, 0.25) is 0 Å². The van der Waals surface area contributed by atoms with Crippen LogP contribution in [0, 0.1) is 0 Å². The Hall–Kier alpha value is -0.610. The Morgan fingerprint density at radius 2 is 2.08 bits per heavy atom. The molecule has 0 radical (unpaired) electrons. The number of nitrogens with zero attached hydrogens (tertiary/aromatic N) is 2. The van der Waals surface area contributed by atoms with E-state index in [1.54, 1.807) is 0 Å². The van der Waals surface area contributed by atoms with E-state index < -0.39 is 0 Å². The molecule has 2 heterocycles. The lowest BCUT2D eigenvalue weighted by Gasteiger charge is -2.30. The van der Waals surface area contributed by atoms with Gasteiger partial charge in [0, 0.05) is 32.6 Å². The summed E-state index contributed by atoms with van der Waals surface area (Å²) in [6, 6.07) is 0. The molecule has 0 unspecified atom stereocenters. The first kappa shape index (κ1) is 8.97. The van der Waals surface area contributed by atoms with Crippen molar-refractivity contribution in [3.63, 3.8) is 0 Å². The lowest BCUT2D eigenvalue weighted by Crippen LogP contribution is -2.46. The lowest BCUT2D eigenvalue weighted by atomic mass is 10.3. The Balaban J connectivity index is 1.92. The summed E-state index contributed by atoms with van der Waals surface area (Å²) in [6.07, 6.45) is 0.986. The molecule has 4 nitrogen and oxygen atoms in total. The Morgan fingerprint density at radius 1 is 1.23 bits per heavy atom. The standard InChI is InChI=1S/C9H17N3O/c1-7-13-8-4-11-9(1)12-5-2-10-3-6-12/h10H,1-8H2. The van der Waals surface area contributed by atoms with Gasteiger partial charge in [-0.1, -0.05) is 0 Å². The van der Waals surface area contributed by atoms with Gasteiger partial charge in [-0.15, -0.1) is 0 Å². The molecule has 0 aromatic rings. The minimum atomic E-state index is 0.787. The van der Waals surface area contributed by atoms with E-state index in [9.17, 15) is 0 Å². The molecule has 1 fully saturated rings. The average molecular weight is 183 g/mol. The van der Waals surface area contributed by atoms with E-state index in [1.165, 1.54) is 5.84 Å². The van der Waals surface area contributed by atoms with Crippen LogP contribution in [0.3, 0.4) is 0 Å². The van der Waals surface area contributed by atoms with Gasteiger partial charge in [0.1, 0.15) is 5.84 Å². The van der Waals surface area contributed by atoms with Gasteiger partial charge in [-0.2, -0.15) is 0 Å². The monoisotopic (exact) mass is 183 g/mol. The van der Waals surface area contributed by atoms with Crippen molar-refractivity contribution in [2.75, 3.05) is 45.9 Å². The van der Waals surface area contributed by atoms with E-state index in [4.69, 9.17) is 4.74 Å². The quantitative estimate of drug-likeness (QED) is 0.561. The average Bonchev–Trinajstić information content (AvgIpc) is 2.47. The van der Waals surface area contributed by atoms with Crippen molar-refractivity contribution in [2.24, 2.45) is 4.99 Å². The zero-order valence-electron chi connectivity index (χ0n) is 7.96. The second-order valence-electron chi connectivity index (χ2n) is 3.40. The molecule has 2 rings (SSSR count). The van der Waals surface area contributed by atoms with Crippen molar-refractivity contribution in [1.82, 2.24) is 10.2 Å². The number of nitrogens with one attached hydrogen (secondary N) is 1. The molecule has 0 bridgehead atoms. The fraction of sp³-hybridized carbons (Fsp3) is 0.889. The number of aliphatic imine (C=N–C) groups is 1. The van der Waals surface area contributed by atoms with Gasteiger partial charge in [-0.05, 0) is 0 Å². The van der Waals surface area contributed by atoms with Crippen molar-refractivity contribution >= 4 is 5.84 Å². The highest BCUT2D eigenvalue weighted by Crippen LogP contribution is 2.03. The molecular formula is C9H17N3O. The molecule has 2 aliphatic heterocycles. The first-order valence-corrected chi connectivity index (χ1v) is 5.03. The topological polar surface area (TPSA) is 36.9 Å². The maximum Gasteiger partial charge on any atom is 0.101 e. The van der Waals surface area contributed by atoms with Gasteiger partial charge in [-0.25, -0.2) is 0 Å². The van der Waals surface area contributed by atoms with E-state index in [1.807, 2.05) is 0 Å². The summed E-state index contributed by atoms with van der Waals surface area (Å²) in [5.74, 6) is 1.25. The number of rotatable bonds is 0. The molecule has 0 aromatic heterocycles. The van der Waals surface area contributed by atoms with Crippen LogP contribution >= 0.6 is 0 Å². The molecule has 0 spiro atoms. The Bertz CT molecular complexity index is 187. The van der Waals surface area contributed by atoms with Gasteiger partial charge >= 0.3 is 0 Å². The van der Waals surface area contributed by atoms with Crippen molar-refractivity contribution in [3.05, 3.63) is 0 Å². The SMILES string of the molecule is C1COCCC(N2CCNCC2)=N1. The number of piperazine rings is 1. The second-order valence-corrected chi connectivity index (χ2v) is 3.40. The molecule has 0 amide bonds. The van der Waals surface area contributed by atoms with Gasteiger partial charge in [-0.3, -0.25) is 4.99 Å². The third-order valence-corrected chi connectivity index (χ3v) is 2.48. The predicted octanol–water partition coefficient (Wildman–Crippen LogP) is -0.290. The van der Waals surface area contributed by atoms with Gasteiger partial charge < -0.3 is 15.0 Å². The highest BCUT2D eigenvalue weighted by atomic mass is 16.5. The van der Waals surface area contributed by atoms with E-state index in [-0.39, 0.29) is 0 Å². The number of hydrogen-bond acceptors (Lipinski definition) is 4. The molecule has 13 heavy (non-hydrogen) atoms. The van der Waals surface area contributed by atoms with Crippen LogP contribution in [-0.2, 0) is 4.74 Å². The highest BCUT2D eigenvalue weighted by Gasteiger charge is 2.15. The number of ether oxygens (including phenoxy) is 1. The van der Waals surface area contributed by atoms with Crippen LogP contribution < -0.4 is 5.32 Å². The van der Waals surface area contributed by atoms with Crippen LogP contribution in [0.1, 0.15) is 6.42 Å². The maximum atomic E-state index is 5.36. The fourth-order valence-electron chi connectivity index (χ4n) is 1.76. The molecule has 2 aliphatic rings. The first-order chi connectivity index (χ1) is 6.47. The zero-order chi connectivity index (χ0) is 8.93. The second kappa shape index (κ2) is 4.58. The predicted molar refractivity (Wildman–Crippen MR) is 52.2 cm³/mol. The molecule has 0 aliphatic carbocycles. The summed E-state index contributed by atoms with van der Waals surface area (Å²) in [6.45, 7) is 6.81. The van der Waals surface area contributed by atoms with E-state index >= 15 is 0 Å². The third kappa shape index (κ3) is 2.42. The summed E-state index contributed by atoms with van der Waals surface area (Å²) in [4.78, 5) is 6.92. The third-order valence-electron chi connectivity index (χ3n) is 2.48. The van der Waals surface area contributed by atoms with E-state index in [0.29, 0.717) is 0 Å². The van der Waals surface area contributed by atoms with Crippen LogP contribution in [0.25, 0.3) is 0 Å². The fourth-order valence-corrected chi connectivity index (χ4v) is 1.76. The van der Waals surface area contributed by atoms with Gasteiger partial charge in [0.2, 0.25) is 0 Å². The molecule has 74 valence electrons. The van der Waals surface area contributed by atoms with Crippen LogP contribution in [-0.4, -0.2) is 56.7 Å². The number of hydrogen-bond donors (Lipinski definition) is 1. The van der Waals surface area contributed by atoms with Gasteiger partial charge in [0.05, 0.1) is 19.8 Å². The molecule has 0 atom stereocenters. The van der Waals surface area contributed by atoms with Crippen molar-refractivity contribution in [1.29, 1.82) is 0 Å². The van der Waals surface area contributed by atoms with Crippen LogP contribution in [0.4, 0.5) is 0 Å². The molecule has 0 aromatic carbocycles. The van der Waals surface area contributed by atoms with Crippen molar-refractivity contribution in [3.8, 4) is 0 Å². The Labute approximate surface area is 79.0 Å². The van der Waals surface area contributed by atoms with Crippen molar-refractivity contribution in [2.45, 2.75) is 6.42 Å². The maximum absolute atomic E-state index is 5.36. The van der Waals surface area contributed by atoms with Gasteiger partial charge in [0.25, 0.3) is 0 Å². The lowest BCUT2D eigenvalue weighted by molar-refractivity contribution is 0.152. The minimum Gasteiger partial charge on any atom is -0.379 e. The van der Waals surface area contributed by atoms with Crippen LogP contribution in [0.5, 0.6) is 0 Å². The largest absolute Gasteiger partial charge is 0.379 e. The normalized spacial score (nSPS) is 25.2. The summed E-state index contributed by atoms with van der Waals surface area (Å²) in [5, 5.41) is 3.34. The van der Waals surface area contributed by atoms with E-state index in [0.717, 1.165) is 52.4 Å². The Morgan fingerprint density at radius 3 is 2.92 bits per heavy atom. The molecular weight excluding hydrogens is 166 g/mol. The molecule has 0 saturated carbocycles. The Kier molecular flexibility index (Phi) is 3.16. The van der Waals surface area contributed by atoms with Crippen LogP contribution in [0.15, 0.2) is 4.99 Å². The minimum absolute atomic E-state index is 0.787.